The van der Waals surface area contributed by atoms with Gasteiger partial charge in [-0.25, -0.2) is 9.37 Å². The summed E-state index contributed by atoms with van der Waals surface area (Å²) in [6.45, 7) is 0.380. The fourth-order valence-corrected chi connectivity index (χ4v) is 2.40. The Morgan fingerprint density at radius 3 is 2.59 bits per heavy atom. The third kappa shape index (κ3) is 2.42. The van der Waals surface area contributed by atoms with Crippen molar-refractivity contribution in [2.75, 3.05) is 6.54 Å². The molecule has 0 aliphatic heterocycles. The largest absolute Gasteiger partial charge is 0.330 e. The Morgan fingerprint density at radius 2 is 1.95 bits per heavy atom. The van der Waals surface area contributed by atoms with Crippen LogP contribution in [0.4, 0.5) is 10.1 Å². The second-order valence-corrected chi connectivity index (χ2v) is 4.83. The van der Waals surface area contributed by atoms with Crippen molar-refractivity contribution < 1.29 is 9.31 Å². The summed E-state index contributed by atoms with van der Waals surface area (Å²) in [4.78, 5) is 15.0. The Labute approximate surface area is 125 Å². The van der Waals surface area contributed by atoms with Gasteiger partial charge in [-0.05, 0) is 36.9 Å². The van der Waals surface area contributed by atoms with E-state index in [1.807, 2.05) is 0 Å². The van der Waals surface area contributed by atoms with Gasteiger partial charge in [0.15, 0.2) is 0 Å². The average molecular weight is 300 g/mol. The van der Waals surface area contributed by atoms with Gasteiger partial charge < -0.3 is 5.73 Å². The number of rotatable bonds is 4. The molecule has 0 spiro atoms. The maximum absolute atomic E-state index is 13.1. The Hall–Kier alpha value is -2.80. The van der Waals surface area contributed by atoms with Crippen LogP contribution in [0.5, 0.6) is 0 Å². The normalized spacial score (nSPS) is 11.0. The minimum absolute atomic E-state index is 0.0196. The summed E-state index contributed by atoms with van der Waals surface area (Å²) in [7, 11) is 0. The molecule has 0 aliphatic carbocycles. The lowest BCUT2D eigenvalue weighted by Crippen LogP contribution is -2.06. The molecule has 0 aliphatic rings. The number of aromatic nitrogens is 2. The highest BCUT2D eigenvalue weighted by molar-refractivity contribution is 5.67. The average Bonchev–Trinajstić information content (AvgIpc) is 2.86. The first-order chi connectivity index (χ1) is 10.6. The molecule has 3 rings (SSSR count). The van der Waals surface area contributed by atoms with Crippen LogP contribution in [0.1, 0.15) is 5.69 Å². The number of nitrogens with two attached hydrogens (primary N) is 1. The van der Waals surface area contributed by atoms with Crippen molar-refractivity contribution in [3.63, 3.8) is 0 Å². The molecular formula is C15H13FN4O2. The number of fused-ring (bicyclic) bond motifs is 1. The molecule has 2 aromatic heterocycles. The molecule has 0 atom stereocenters. The fraction of sp³-hybridized carbons (Fsp3) is 0.133. The quantitative estimate of drug-likeness (QED) is 0.592. The van der Waals surface area contributed by atoms with E-state index in [2.05, 4.69) is 4.98 Å². The predicted molar refractivity (Wildman–Crippen MR) is 80.0 cm³/mol. The van der Waals surface area contributed by atoms with Crippen LogP contribution in [-0.4, -0.2) is 20.9 Å². The highest BCUT2D eigenvalue weighted by atomic mass is 19.1. The van der Waals surface area contributed by atoms with E-state index in [9.17, 15) is 14.5 Å². The third-order valence-corrected chi connectivity index (χ3v) is 3.41. The Balaban J connectivity index is 2.23. The van der Waals surface area contributed by atoms with Crippen molar-refractivity contribution in [3.8, 4) is 11.3 Å². The topological polar surface area (TPSA) is 86.5 Å². The summed E-state index contributed by atoms with van der Waals surface area (Å²) in [6.07, 6.45) is 1.94. The number of nitro groups is 1. The van der Waals surface area contributed by atoms with Gasteiger partial charge in [0.25, 0.3) is 5.69 Å². The zero-order chi connectivity index (χ0) is 15.7. The van der Waals surface area contributed by atoms with E-state index in [1.165, 1.54) is 24.4 Å². The Bertz CT molecular complexity index is 843. The van der Waals surface area contributed by atoms with Crippen LogP contribution < -0.4 is 5.73 Å². The smallest absolute Gasteiger partial charge is 0.286 e. The lowest BCUT2D eigenvalue weighted by Gasteiger charge is -2.04. The van der Waals surface area contributed by atoms with Crippen LogP contribution in [0.25, 0.3) is 16.9 Å². The number of pyridine rings is 1. The zero-order valence-electron chi connectivity index (χ0n) is 11.6. The molecule has 0 unspecified atom stereocenters. The van der Waals surface area contributed by atoms with E-state index < -0.39 is 4.92 Å². The lowest BCUT2D eigenvalue weighted by molar-refractivity contribution is -0.385. The summed E-state index contributed by atoms with van der Waals surface area (Å²) in [5, 5.41) is 10.9. The fourth-order valence-electron chi connectivity index (χ4n) is 2.40. The van der Waals surface area contributed by atoms with Gasteiger partial charge in [-0.1, -0.05) is 0 Å². The molecule has 3 aromatic rings. The van der Waals surface area contributed by atoms with E-state index in [0.29, 0.717) is 24.3 Å². The van der Waals surface area contributed by atoms with Crippen LogP contribution in [-0.2, 0) is 6.42 Å². The molecule has 0 amide bonds. The van der Waals surface area contributed by atoms with Gasteiger partial charge >= 0.3 is 0 Å². The number of hydrogen-bond acceptors (Lipinski definition) is 4. The van der Waals surface area contributed by atoms with Gasteiger partial charge in [-0.3, -0.25) is 14.5 Å². The highest BCUT2D eigenvalue weighted by Crippen LogP contribution is 2.26. The van der Waals surface area contributed by atoms with Gasteiger partial charge in [0.2, 0.25) is 0 Å². The number of nitrogens with zero attached hydrogens (tertiary/aromatic N) is 3. The summed E-state index contributed by atoms with van der Waals surface area (Å²) in [5.41, 5.74) is 8.39. The predicted octanol–water partition coefficient (Wildman–Crippen LogP) is 2.55. The van der Waals surface area contributed by atoms with E-state index in [1.54, 1.807) is 22.6 Å². The first-order valence-corrected chi connectivity index (χ1v) is 6.71. The molecule has 0 saturated carbocycles. The summed E-state index contributed by atoms with van der Waals surface area (Å²) in [6, 6.07) is 8.97. The Kier molecular flexibility index (Phi) is 3.56. The van der Waals surface area contributed by atoms with E-state index >= 15 is 0 Å². The molecule has 0 bridgehead atoms. The monoisotopic (exact) mass is 300 g/mol. The second kappa shape index (κ2) is 5.53. The van der Waals surface area contributed by atoms with Crippen LogP contribution in [0.2, 0.25) is 0 Å². The maximum Gasteiger partial charge on any atom is 0.286 e. The molecule has 7 heteroatoms. The third-order valence-electron chi connectivity index (χ3n) is 3.41. The van der Waals surface area contributed by atoms with Crippen molar-refractivity contribution in [2.24, 2.45) is 5.73 Å². The Morgan fingerprint density at radius 1 is 1.23 bits per heavy atom. The van der Waals surface area contributed by atoms with Crippen molar-refractivity contribution in [2.45, 2.75) is 6.42 Å². The molecule has 1 aromatic carbocycles. The molecule has 6 nitrogen and oxygen atoms in total. The minimum atomic E-state index is -0.455. The minimum Gasteiger partial charge on any atom is -0.330 e. The number of benzene rings is 1. The van der Waals surface area contributed by atoms with E-state index in [-0.39, 0.29) is 11.5 Å². The van der Waals surface area contributed by atoms with Crippen molar-refractivity contribution >= 4 is 11.3 Å². The van der Waals surface area contributed by atoms with Gasteiger partial charge in [-0.15, -0.1) is 0 Å². The van der Waals surface area contributed by atoms with Crippen LogP contribution in [0, 0.1) is 15.9 Å². The SMILES string of the molecule is NCCc1c(-c2ccc(F)cc2)nc2ccc([N+](=O)[O-])cn12. The summed E-state index contributed by atoms with van der Waals surface area (Å²) in [5.74, 6) is -0.330. The van der Waals surface area contributed by atoms with Gasteiger partial charge in [0.1, 0.15) is 11.5 Å². The van der Waals surface area contributed by atoms with E-state index in [4.69, 9.17) is 5.73 Å². The molecular weight excluding hydrogens is 287 g/mol. The number of hydrogen-bond donors (Lipinski definition) is 1. The van der Waals surface area contributed by atoms with Crippen LogP contribution >= 0.6 is 0 Å². The first kappa shape index (κ1) is 14.2. The standard InChI is InChI=1S/C15H13FN4O2/c16-11-3-1-10(2-4-11)15-13(7-8-17)19-9-12(20(21)22)5-6-14(19)18-15/h1-6,9H,7-8,17H2. The second-order valence-electron chi connectivity index (χ2n) is 4.83. The summed E-state index contributed by atoms with van der Waals surface area (Å²) >= 11 is 0. The first-order valence-electron chi connectivity index (χ1n) is 6.71. The van der Waals surface area contributed by atoms with E-state index in [0.717, 1.165) is 11.3 Å². The molecule has 112 valence electrons. The number of halogens is 1. The van der Waals surface area contributed by atoms with Gasteiger partial charge in [0, 0.05) is 18.1 Å². The zero-order valence-corrected chi connectivity index (χ0v) is 11.6. The van der Waals surface area contributed by atoms with Crippen LogP contribution in [0.15, 0.2) is 42.6 Å². The molecule has 2 heterocycles. The molecule has 0 fully saturated rings. The van der Waals surface area contributed by atoms with Crippen molar-refractivity contribution in [1.29, 1.82) is 0 Å². The number of imidazole rings is 1. The van der Waals surface area contributed by atoms with Gasteiger partial charge in [0.05, 0.1) is 22.5 Å². The molecule has 0 saturated heterocycles. The van der Waals surface area contributed by atoms with Crippen molar-refractivity contribution in [1.82, 2.24) is 9.38 Å². The maximum atomic E-state index is 13.1. The highest BCUT2D eigenvalue weighted by Gasteiger charge is 2.16. The molecule has 2 N–H and O–H groups in total. The van der Waals surface area contributed by atoms with Gasteiger partial charge in [-0.2, -0.15) is 0 Å². The van der Waals surface area contributed by atoms with Crippen molar-refractivity contribution in [3.05, 3.63) is 64.2 Å². The lowest BCUT2D eigenvalue weighted by atomic mass is 10.1. The van der Waals surface area contributed by atoms with Crippen LogP contribution in [0.3, 0.4) is 0 Å². The molecule has 0 radical (unpaired) electrons. The summed E-state index contributed by atoms with van der Waals surface area (Å²) < 4.78 is 14.7. The molecule has 22 heavy (non-hydrogen) atoms.